The molecule has 0 aliphatic carbocycles. The lowest BCUT2D eigenvalue weighted by Gasteiger charge is -2.15. The number of likely N-dealkylation sites (tertiary alicyclic amines) is 1. The zero-order chi connectivity index (χ0) is 13.9. The molecular formula is C14H16N6. The van der Waals surface area contributed by atoms with Crippen LogP contribution in [0.2, 0.25) is 0 Å². The van der Waals surface area contributed by atoms with E-state index in [0.717, 1.165) is 37.4 Å². The van der Waals surface area contributed by atoms with Crippen molar-refractivity contribution in [3.8, 4) is 6.07 Å². The van der Waals surface area contributed by atoms with Crippen LogP contribution in [0, 0.1) is 18.3 Å². The van der Waals surface area contributed by atoms with Gasteiger partial charge < -0.3 is 0 Å². The molecule has 3 heterocycles. The Morgan fingerprint density at radius 1 is 1.35 bits per heavy atom. The quantitative estimate of drug-likeness (QED) is 0.839. The molecule has 6 nitrogen and oxygen atoms in total. The van der Waals surface area contributed by atoms with Crippen LogP contribution in [0.1, 0.15) is 29.4 Å². The molecule has 0 amide bonds. The lowest BCUT2D eigenvalue weighted by molar-refractivity contribution is 0.311. The van der Waals surface area contributed by atoms with Gasteiger partial charge in [0.15, 0.2) is 0 Å². The fraction of sp³-hybridized carbons (Fsp3) is 0.429. The smallest absolute Gasteiger partial charge is 0.125 e. The van der Waals surface area contributed by atoms with E-state index < -0.39 is 0 Å². The molecule has 1 saturated heterocycles. The van der Waals surface area contributed by atoms with Gasteiger partial charge in [-0.3, -0.25) is 9.58 Å². The number of rotatable bonds is 3. The monoisotopic (exact) mass is 268 g/mol. The second-order valence-corrected chi connectivity index (χ2v) is 5.14. The van der Waals surface area contributed by atoms with Crippen LogP contribution in [-0.2, 0) is 6.54 Å². The third kappa shape index (κ3) is 2.68. The van der Waals surface area contributed by atoms with E-state index in [1.807, 2.05) is 30.2 Å². The average molecular weight is 268 g/mol. The third-order valence-electron chi connectivity index (χ3n) is 3.59. The Kier molecular flexibility index (Phi) is 3.44. The second-order valence-electron chi connectivity index (χ2n) is 5.14. The number of aryl methyl sites for hydroxylation is 1. The van der Waals surface area contributed by atoms with Gasteiger partial charge in [0.25, 0.3) is 0 Å². The molecule has 1 atom stereocenters. The highest BCUT2D eigenvalue weighted by atomic mass is 15.3. The van der Waals surface area contributed by atoms with Crippen LogP contribution in [0.15, 0.2) is 24.8 Å². The largest absolute Gasteiger partial charge is 0.297 e. The molecule has 0 bridgehead atoms. The molecule has 2 aromatic rings. The van der Waals surface area contributed by atoms with Gasteiger partial charge in [0, 0.05) is 43.8 Å². The van der Waals surface area contributed by atoms with Gasteiger partial charge in [-0.15, -0.1) is 0 Å². The maximum Gasteiger partial charge on any atom is 0.125 e. The van der Waals surface area contributed by atoms with Crippen LogP contribution in [0.4, 0.5) is 0 Å². The van der Waals surface area contributed by atoms with Gasteiger partial charge in [0.2, 0.25) is 0 Å². The Balaban J connectivity index is 1.62. The zero-order valence-electron chi connectivity index (χ0n) is 11.4. The van der Waals surface area contributed by atoms with E-state index >= 15 is 0 Å². The minimum absolute atomic E-state index is 0.350. The number of hydrogen-bond acceptors (Lipinski definition) is 5. The lowest BCUT2D eigenvalue weighted by atomic mass is 10.3. The van der Waals surface area contributed by atoms with Crippen LogP contribution >= 0.6 is 0 Å². The molecule has 1 aliphatic heterocycles. The van der Waals surface area contributed by atoms with Gasteiger partial charge in [-0.1, -0.05) is 0 Å². The molecule has 0 saturated carbocycles. The van der Waals surface area contributed by atoms with Crippen molar-refractivity contribution in [2.75, 3.05) is 13.1 Å². The summed E-state index contributed by atoms with van der Waals surface area (Å²) < 4.78 is 1.91. The molecule has 1 unspecified atom stereocenters. The third-order valence-corrected chi connectivity index (χ3v) is 3.59. The summed E-state index contributed by atoms with van der Waals surface area (Å²) in [7, 11) is 0. The van der Waals surface area contributed by atoms with Crippen molar-refractivity contribution in [1.82, 2.24) is 24.6 Å². The van der Waals surface area contributed by atoms with Crippen LogP contribution in [-0.4, -0.2) is 37.7 Å². The fourth-order valence-corrected chi connectivity index (χ4v) is 2.53. The normalized spacial score (nSPS) is 19.1. The van der Waals surface area contributed by atoms with E-state index in [0.29, 0.717) is 11.6 Å². The second kappa shape index (κ2) is 5.39. The first-order valence-electron chi connectivity index (χ1n) is 6.69. The van der Waals surface area contributed by atoms with Gasteiger partial charge in [-0.25, -0.2) is 9.97 Å². The Hall–Kier alpha value is -2.26. The number of nitriles is 1. The van der Waals surface area contributed by atoms with E-state index in [2.05, 4.69) is 26.0 Å². The summed E-state index contributed by atoms with van der Waals surface area (Å²) in [6, 6.07) is 2.46. The molecule has 0 radical (unpaired) electrons. The zero-order valence-corrected chi connectivity index (χ0v) is 11.4. The first-order valence-corrected chi connectivity index (χ1v) is 6.69. The lowest BCUT2D eigenvalue weighted by Crippen LogP contribution is -2.21. The summed E-state index contributed by atoms with van der Waals surface area (Å²) >= 11 is 0. The van der Waals surface area contributed by atoms with E-state index in [1.54, 1.807) is 6.20 Å². The molecule has 1 aliphatic rings. The van der Waals surface area contributed by atoms with Crippen molar-refractivity contribution < 1.29 is 0 Å². The summed E-state index contributed by atoms with van der Waals surface area (Å²) in [6.45, 7) is 4.73. The first kappa shape index (κ1) is 12.8. The standard InChI is InChI=1S/C14H16N6/c1-11-16-5-13(6-17-11)8-19-3-2-14(10-19)20-9-12(4-15)7-18-20/h5-7,9,14H,2-3,8,10H2,1H3. The minimum atomic E-state index is 0.350. The van der Waals surface area contributed by atoms with Crippen LogP contribution in [0.3, 0.4) is 0 Å². The Morgan fingerprint density at radius 2 is 2.15 bits per heavy atom. The van der Waals surface area contributed by atoms with Crippen LogP contribution < -0.4 is 0 Å². The molecule has 0 aromatic carbocycles. The highest BCUT2D eigenvalue weighted by Gasteiger charge is 2.24. The summed E-state index contributed by atoms with van der Waals surface area (Å²) in [5, 5.41) is 13.1. The molecular weight excluding hydrogens is 252 g/mol. The predicted molar refractivity (Wildman–Crippen MR) is 72.6 cm³/mol. The van der Waals surface area contributed by atoms with E-state index in [9.17, 15) is 0 Å². The summed E-state index contributed by atoms with van der Waals surface area (Å²) in [6.07, 6.45) is 8.27. The van der Waals surface area contributed by atoms with E-state index in [4.69, 9.17) is 5.26 Å². The number of nitrogens with zero attached hydrogens (tertiary/aromatic N) is 6. The molecule has 6 heteroatoms. The SMILES string of the molecule is Cc1ncc(CN2CCC(n3cc(C#N)cn3)C2)cn1. The topological polar surface area (TPSA) is 70.6 Å². The highest BCUT2D eigenvalue weighted by molar-refractivity contribution is 5.22. The van der Waals surface area contributed by atoms with Gasteiger partial charge in [-0.2, -0.15) is 10.4 Å². The van der Waals surface area contributed by atoms with Crippen LogP contribution in [0.25, 0.3) is 0 Å². The summed E-state index contributed by atoms with van der Waals surface area (Å²) in [5.41, 5.74) is 1.75. The Bertz CT molecular complexity index is 624. The number of aromatic nitrogens is 4. The molecule has 1 fully saturated rings. The maximum atomic E-state index is 8.84. The highest BCUT2D eigenvalue weighted by Crippen LogP contribution is 2.22. The number of hydrogen-bond donors (Lipinski definition) is 0. The summed E-state index contributed by atoms with van der Waals surface area (Å²) in [5.74, 6) is 0.800. The van der Waals surface area contributed by atoms with Gasteiger partial charge in [-0.05, 0) is 13.3 Å². The molecule has 0 spiro atoms. The van der Waals surface area contributed by atoms with E-state index in [-0.39, 0.29) is 0 Å². The van der Waals surface area contributed by atoms with Crippen molar-refractivity contribution in [2.24, 2.45) is 0 Å². The molecule has 102 valence electrons. The summed E-state index contributed by atoms with van der Waals surface area (Å²) in [4.78, 5) is 10.8. The van der Waals surface area contributed by atoms with Gasteiger partial charge in [0.05, 0.1) is 17.8 Å². The molecule has 2 aromatic heterocycles. The van der Waals surface area contributed by atoms with E-state index in [1.165, 1.54) is 0 Å². The maximum absolute atomic E-state index is 8.84. The van der Waals surface area contributed by atoms with Crippen molar-refractivity contribution in [3.05, 3.63) is 41.7 Å². The molecule has 3 rings (SSSR count). The Labute approximate surface area is 117 Å². The fourth-order valence-electron chi connectivity index (χ4n) is 2.53. The van der Waals surface area contributed by atoms with Crippen molar-refractivity contribution in [2.45, 2.75) is 25.9 Å². The van der Waals surface area contributed by atoms with Crippen molar-refractivity contribution in [3.63, 3.8) is 0 Å². The van der Waals surface area contributed by atoms with Crippen LogP contribution in [0.5, 0.6) is 0 Å². The molecule has 20 heavy (non-hydrogen) atoms. The van der Waals surface area contributed by atoms with Crippen molar-refractivity contribution >= 4 is 0 Å². The van der Waals surface area contributed by atoms with Gasteiger partial charge in [0.1, 0.15) is 11.9 Å². The first-order chi connectivity index (χ1) is 9.74. The predicted octanol–water partition coefficient (Wildman–Crippen LogP) is 1.30. The van der Waals surface area contributed by atoms with Gasteiger partial charge >= 0.3 is 0 Å². The Morgan fingerprint density at radius 3 is 2.85 bits per heavy atom. The average Bonchev–Trinajstić information content (AvgIpc) is 3.10. The molecule has 0 N–H and O–H groups in total. The minimum Gasteiger partial charge on any atom is -0.297 e. The van der Waals surface area contributed by atoms with Crippen molar-refractivity contribution in [1.29, 1.82) is 5.26 Å².